The van der Waals surface area contributed by atoms with E-state index < -0.39 is 0 Å². The van der Waals surface area contributed by atoms with E-state index in [-0.39, 0.29) is 0 Å². The molecular formula is C14H27N3S2. The molecule has 5 heteroatoms. The molecule has 0 saturated carbocycles. The Kier molecular flexibility index (Phi) is 7.18. The zero-order valence-electron chi connectivity index (χ0n) is 13.0. The molecule has 1 N–H and O–H groups in total. The fraction of sp³-hybridized carbons (Fsp3) is 0.786. The lowest BCUT2D eigenvalue weighted by molar-refractivity contribution is 0.554. The number of rotatable bonds is 8. The van der Waals surface area contributed by atoms with Crippen LogP contribution >= 0.6 is 23.1 Å². The van der Waals surface area contributed by atoms with Crippen LogP contribution in [0.3, 0.4) is 0 Å². The maximum atomic E-state index is 4.71. The Morgan fingerprint density at radius 3 is 2.63 bits per heavy atom. The van der Waals surface area contributed by atoms with E-state index in [4.69, 9.17) is 4.98 Å². The fourth-order valence-electron chi connectivity index (χ4n) is 1.74. The first-order chi connectivity index (χ1) is 8.95. The smallest absolute Gasteiger partial charge is 0.185 e. The average Bonchev–Trinajstić information content (AvgIpc) is 2.70. The van der Waals surface area contributed by atoms with E-state index in [0.29, 0.717) is 12.0 Å². The van der Waals surface area contributed by atoms with Crippen molar-refractivity contribution in [1.29, 1.82) is 0 Å². The number of aryl methyl sites for hydroxylation is 1. The summed E-state index contributed by atoms with van der Waals surface area (Å²) in [6.45, 7) is 10.8. The van der Waals surface area contributed by atoms with E-state index in [0.717, 1.165) is 24.0 Å². The van der Waals surface area contributed by atoms with Crippen molar-refractivity contribution >= 4 is 28.2 Å². The second-order valence-corrected chi connectivity index (χ2v) is 7.42. The molecule has 0 fully saturated rings. The van der Waals surface area contributed by atoms with Crippen molar-refractivity contribution in [2.75, 3.05) is 30.5 Å². The number of nitrogens with one attached hydrogen (secondary N) is 1. The van der Waals surface area contributed by atoms with Crippen molar-refractivity contribution in [1.82, 2.24) is 10.3 Å². The Balaban J connectivity index is 2.62. The van der Waals surface area contributed by atoms with Crippen molar-refractivity contribution in [2.45, 2.75) is 40.3 Å². The van der Waals surface area contributed by atoms with Gasteiger partial charge in [-0.15, -0.1) is 11.3 Å². The topological polar surface area (TPSA) is 28.2 Å². The largest absolute Gasteiger partial charge is 0.348 e. The Morgan fingerprint density at radius 1 is 1.37 bits per heavy atom. The molecule has 1 heterocycles. The molecule has 0 radical (unpaired) electrons. The number of hydrogen-bond acceptors (Lipinski definition) is 5. The summed E-state index contributed by atoms with van der Waals surface area (Å²) < 4.78 is 0. The monoisotopic (exact) mass is 301 g/mol. The predicted molar refractivity (Wildman–Crippen MR) is 89.6 cm³/mol. The predicted octanol–water partition coefficient (Wildman–Crippen LogP) is 3.38. The third-order valence-corrected chi connectivity index (χ3v) is 5.15. The number of nitrogens with zero attached hydrogens (tertiary/aromatic N) is 2. The summed E-state index contributed by atoms with van der Waals surface area (Å²) in [6, 6.07) is 0.525. The van der Waals surface area contributed by atoms with Crippen molar-refractivity contribution in [3.8, 4) is 0 Å². The second-order valence-electron chi connectivity index (χ2n) is 5.45. The number of thiazole rings is 1. The van der Waals surface area contributed by atoms with E-state index in [1.165, 1.54) is 10.6 Å². The van der Waals surface area contributed by atoms with Crippen LogP contribution in [-0.2, 0) is 6.54 Å². The van der Waals surface area contributed by atoms with E-state index in [2.05, 4.69) is 51.2 Å². The summed E-state index contributed by atoms with van der Waals surface area (Å²) in [5.41, 5.74) is 1.17. The van der Waals surface area contributed by atoms with Crippen LogP contribution in [0.4, 0.5) is 5.13 Å². The Morgan fingerprint density at radius 2 is 2.05 bits per heavy atom. The van der Waals surface area contributed by atoms with Gasteiger partial charge in [-0.3, -0.25) is 0 Å². The molecule has 0 aromatic carbocycles. The molecule has 0 bridgehead atoms. The number of hydrogen-bond donors (Lipinski definition) is 1. The molecule has 3 nitrogen and oxygen atoms in total. The summed E-state index contributed by atoms with van der Waals surface area (Å²) in [7, 11) is 2.14. The van der Waals surface area contributed by atoms with Crippen molar-refractivity contribution in [2.24, 2.45) is 5.92 Å². The maximum absolute atomic E-state index is 4.71. The lowest BCUT2D eigenvalue weighted by Gasteiger charge is -2.23. The minimum absolute atomic E-state index is 0.525. The lowest BCUT2D eigenvalue weighted by Crippen LogP contribution is -2.30. The van der Waals surface area contributed by atoms with Crippen LogP contribution in [0.15, 0.2) is 0 Å². The first kappa shape index (κ1) is 16.8. The molecule has 1 aromatic rings. The number of anilines is 1. The molecule has 0 saturated heterocycles. The van der Waals surface area contributed by atoms with Crippen LogP contribution in [0.25, 0.3) is 0 Å². The van der Waals surface area contributed by atoms with Gasteiger partial charge in [-0.05, 0) is 32.6 Å². The third kappa shape index (κ3) is 5.32. The molecule has 1 aromatic heterocycles. The molecule has 1 unspecified atom stereocenters. The highest BCUT2D eigenvalue weighted by atomic mass is 32.2. The highest BCUT2D eigenvalue weighted by molar-refractivity contribution is 7.98. The van der Waals surface area contributed by atoms with Crippen LogP contribution in [0, 0.1) is 12.8 Å². The summed E-state index contributed by atoms with van der Waals surface area (Å²) in [6.07, 6.45) is 2.15. The van der Waals surface area contributed by atoms with Crippen LogP contribution in [0.5, 0.6) is 0 Å². The number of thioether (sulfide) groups is 1. The van der Waals surface area contributed by atoms with Gasteiger partial charge in [-0.1, -0.05) is 13.8 Å². The maximum Gasteiger partial charge on any atom is 0.185 e. The molecule has 0 aliphatic carbocycles. The van der Waals surface area contributed by atoms with Crippen LogP contribution < -0.4 is 10.2 Å². The summed E-state index contributed by atoms with van der Waals surface area (Å²) in [4.78, 5) is 8.36. The normalized spacial score (nSPS) is 13.0. The van der Waals surface area contributed by atoms with Crippen molar-refractivity contribution in [3.63, 3.8) is 0 Å². The summed E-state index contributed by atoms with van der Waals surface area (Å²) in [5.74, 6) is 1.83. The molecule has 19 heavy (non-hydrogen) atoms. The lowest BCUT2D eigenvalue weighted by atomic mass is 10.2. The van der Waals surface area contributed by atoms with Gasteiger partial charge in [0.2, 0.25) is 0 Å². The number of aromatic nitrogens is 1. The highest BCUT2D eigenvalue weighted by Crippen LogP contribution is 2.27. The van der Waals surface area contributed by atoms with Gasteiger partial charge < -0.3 is 10.2 Å². The van der Waals surface area contributed by atoms with E-state index >= 15 is 0 Å². The van der Waals surface area contributed by atoms with Crippen LogP contribution in [0.1, 0.15) is 31.3 Å². The van der Waals surface area contributed by atoms with E-state index in [1.54, 1.807) is 0 Å². The minimum atomic E-state index is 0.525. The quantitative estimate of drug-likeness (QED) is 0.797. The molecule has 0 amide bonds. The van der Waals surface area contributed by atoms with Gasteiger partial charge in [-0.2, -0.15) is 11.8 Å². The molecule has 0 aliphatic rings. The summed E-state index contributed by atoms with van der Waals surface area (Å²) >= 11 is 3.70. The second kappa shape index (κ2) is 8.12. The van der Waals surface area contributed by atoms with Crippen LogP contribution in [0.2, 0.25) is 0 Å². The summed E-state index contributed by atoms with van der Waals surface area (Å²) in [5, 5.41) is 4.64. The van der Waals surface area contributed by atoms with Gasteiger partial charge in [0.1, 0.15) is 0 Å². The third-order valence-electron chi connectivity index (χ3n) is 3.09. The SMILES string of the molecule is CSCC(C)N(C)c1nc(C)c(CNCC(C)C)s1. The van der Waals surface area contributed by atoms with Gasteiger partial charge in [0, 0.05) is 30.3 Å². The molecular weight excluding hydrogens is 274 g/mol. The minimum Gasteiger partial charge on any atom is -0.348 e. The first-order valence-electron chi connectivity index (χ1n) is 6.84. The molecule has 0 aliphatic heterocycles. The molecule has 110 valence electrons. The Hall–Kier alpha value is -0.260. The fourth-order valence-corrected chi connectivity index (χ4v) is 3.54. The van der Waals surface area contributed by atoms with Gasteiger partial charge in [0.25, 0.3) is 0 Å². The standard InChI is InChI=1S/C14H27N3S2/c1-10(2)7-15-8-13-12(4)16-14(19-13)17(5)11(3)9-18-6/h10-11,15H,7-9H2,1-6H3. The van der Waals surface area contributed by atoms with E-state index in [1.807, 2.05) is 23.1 Å². The van der Waals surface area contributed by atoms with Crippen molar-refractivity contribution < 1.29 is 0 Å². The van der Waals surface area contributed by atoms with Gasteiger partial charge >= 0.3 is 0 Å². The van der Waals surface area contributed by atoms with Crippen molar-refractivity contribution in [3.05, 3.63) is 10.6 Å². The molecule has 0 spiro atoms. The molecule has 1 atom stereocenters. The van der Waals surface area contributed by atoms with E-state index in [9.17, 15) is 0 Å². The highest BCUT2D eigenvalue weighted by Gasteiger charge is 2.15. The van der Waals surface area contributed by atoms with Gasteiger partial charge in [0.05, 0.1) is 5.69 Å². The average molecular weight is 302 g/mol. The van der Waals surface area contributed by atoms with Crippen LogP contribution in [-0.4, -0.2) is 36.6 Å². The van der Waals surface area contributed by atoms with Gasteiger partial charge in [0.15, 0.2) is 5.13 Å². The Bertz CT molecular complexity index is 377. The first-order valence-corrected chi connectivity index (χ1v) is 9.05. The zero-order chi connectivity index (χ0) is 14.4. The Labute approximate surface area is 126 Å². The molecule has 1 rings (SSSR count). The van der Waals surface area contributed by atoms with Gasteiger partial charge in [-0.25, -0.2) is 4.98 Å². The zero-order valence-corrected chi connectivity index (χ0v) is 14.6.